The zero-order chi connectivity index (χ0) is 14.4. The number of carbonyl (C=O) groups excluding carboxylic acids is 1. The Morgan fingerprint density at radius 1 is 1.00 bits per heavy atom. The Bertz CT molecular complexity index is 542. The second kappa shape index (κ2) is 6.75. The van der Waals surface area contributed by atoms with Crippen LogP contribution in [0.3, 0.4) is 0 Å². The highest BCUT2D eigenvalue weighted by Crippen LogP contribution is 2.08. The van der Waals surface area contributed by atoms with Crippen LogP contribution in [0.4, 0.5) is 5.69 Å². The monoisotopic (exact) mass is 268 g/mol. The molecule has 0 saturated heterocycles. The Balaban J connectivity index is 1.78. The van der Waals surface area contributed by atoms with Crippen LogP contribution in [-0.2, 0) is 11.3 Å². The van der Waals surface area contributed by atoms with Crippen molar-refractivity contribution in [2.24, 2.45) is 0 Å². The quantitative estimate of drug-likeness (QED) is 0.875. The number of benzene rings is 2. The van der Waals surface area contributed by atoms with Gasteiger partial charge in [-0.05, 0) is 37.1 Å². The topological polar surface area (TPSA) is 41.1 Å². The van der Waals surface area contributed by atoms with Crippen molar-refractivity contribution >= 4 is 11.6 Å². The largest absolute Gasteiger partial charge is 0.376 e. The van der Waals surface area contributed by atoms with Crippen LogP contribution in [0, 0.1) is 13.8 Å². The SMILES string of the molecule is Cc1cccc(CNC(=O)CNc2cccc(C)c2)c1. The van der Waals surface area contributed by atoms with Crippen LogP contribution in [0.5, 0.6) is 0 Å². The van der Waals surface area contributed by atoms with Crippen LogP contribution < -0.4 is 10.6 Å². The van der Waals surface area contributed by atoms with Crippen molar-refractivity contribution in [3.05, 3.63) is 65.2 Å². The molecule has 0 aliphatic carbocycles. The second-order valence-electron chi connectivity index (χ2n) is 4.99. The van der Waals surface area contributed by atoms with E-state index in [2.05, 4.69) is 16.7 Å². The third-order valence-corrected chi connectivity index (χ3v) is 3.04. The van der Waals surface area contributed by atoms with Gasteiger partial charge in [-0.3, -0.25) is 4.79 Å². The molecule has 0 atom stereocenters. The van der Waals surface area contributed by atoms with E-state index in [1.54, 1.807) is 0 Å². The van der Waals surface area contributed by atoms with E-state index in [0.29, 0.717) is 6.54 Å². The first-order chi connectivity index (χ1) is 9.63. The molecule has 2 aromatic rings. The molecule has 0 radical (unpaired) electrons. The summed E-state index contributed by atoms with van der Waals surface area (Å²) in [6.45, 7) is 4.93. The maximum Gasteiger partial charge on any atom is 0.239 e. The first-order valence-electron chi connectivity index (χ1n) is 6.76. The Morgan fingerprint density at radius 2 is 1.70 bits per heavy atom. The third kappa shape index (κ3) is 4.43. The van der Waals surface area contributed by atoms with Crippen molar-refractivity contribution in [2.75, 3.05) is 11.9 Å². The van der Waals surface area contributed by atoms with Gasteiger partial charge in [0.25, 0.3) is 0 Å². The molecule has 0 fully saturated rings. The molecule has 0 bridgehead atoms. The van der Waals surface area contributed by atoms with E-state index in [9.17, 15) is 4.79 Å². The summed E-state index contributed by atoms with van der Waals surface area (Å²) < 4.78 is 0. The second-order valence-corrected chi connectivity index (χ2v) is 4.99. The lowest BCUT2D eigenvalue weighted by Gasteiger charge is -2.08. The summed E-state index contributed by atoms with van der Waals surface area (Å²) in [4.78, 5) is 11.8. The van der Waals surface area contributed by atoms with E-state index < -0.39 is 0 Å². The van der Waals surface area contributed by atoms with Gasteiger partial charge in [-0.15, -0.1) is 0 Å². The zero-order valence-electron chi connectivity index (χ0n) is 11.9. The van der Waals surface area contributed by atoms with Crippen LogP contribution in [0.2, 0.25) is 0 Å². The van der Waals surface area contributed by atoms with Crippen molar-refractivity contribution in [1.29, 1.82) is 0 Å². The van der Waals surface area contributed by atoms with E-state index >= 15 is 0 Å². The highest BCUT2D eigenvalue weighted by atomic mass is 16.1. The van der Waals surface area contributed by atoms with Gasteiger partial charge in [0.2, 0.25) is 5.91 Å². The van der Waals surface area contributed by atoms with Gasteiger partial charge in [-0.25, -0.2) is 0 Å². The summed E-state index contributed by atoms with van der Waals surface area (Å²) in [5, 5.41) is 6.03. The van der Waals surface area contributed by atoms with Crippen LogP contribution in [0.15, 0.2) is 48.5 Å². The Hall–Kier alpha value is -2.29. The minimum Gasteiger partial charge on any atom is -0.376 e. The molecule has 0 aromatic heterocycles. The zero-order valence-corrected chi connectivity index (χ0v) is 11.9. The number of rotatable bonds is 5. The minimum absolute atomic E-state index is 0.00647. The number of hydrogen-bond donors (Lipinski definition) is 2. The van der Waals surface area contributed by atoms with Gasteiger partial charge in [0.15, 0.2) is 0 Å². The lowest BCUT2D eigenvalue weighted by atomic mass is 10.1. The highest BCUT2D eigenvalue weighted by molar-refractivity contribution is 5.80. The number of nitrogens with one attached hydrogen (secondary N) is 2. The fourth-order valence-electron chi connectivity index (χ4n) is 2.02. The van der Waals surface area contributed by atoms with Crippen LogP contribution in [0.1, 0.15) is 16.7 Å². The molecule has 0 heterocycles. The number of hydrogen-bond acceptors (Lipinski definition) is 2. The predicted octanol–water partition coefficient (Wildman–Crippen LogP) is 3.03. The van der Waals surface area contributed by atoms with E-state index in [1.165, 1.54) is 11.1 Å². The summed E-state index contributed by atoms with van der Waals surface area (Å²) in [6.07, 6.45) is 0. The molecule has 3 nitrogen and oxygen atoms in total. The van der Waals surface area contributed by atoms with Crippen LogP contribution in [0.25, 0.3) is 0 Å². The molecule has 2 rings (SSSR count). The van der Waals surface area contributed by atoms with Gasteiger partial charge in [0.05, 0.1) is 6.54 Å². The standard InChI is InChI=1S/C17H20N2O/c1-13-5-3-7-15(9-13)11-19-17(20)12-18-16-8-4-6-14(2)10-16/h3-10,18H,11-12H2,1-2H3,(H,19,20). The van der Waals surface area contributed by atoms with Crippen molar-refractivity contribution < 1.29 is 4.79 Å². The maximum atomic E-state index is 11.8. The molecule has 0 saturated carbocycles. The fourth-order valence-corrected chi connectivity index (χ4v) is 2.02. The Morgan fingerprint density at radius 3 is 2.40 bits per heavy atom. The molecule has 20 heavy (non-hydrogen) atoms. The molecule has 2 N–H and O–H groups in total. The number of aryl methyl sites for hydroxylation is 2. The molecule has 104 valence electrons. The van der Waals surface area contributed by atoms with Gasteiger partial charge in [0, 0.05) is 12.2 Å². The Labute approximate surface area is 120 Å². The normalized spacial score (nSPS) is 10.1. The molecule has 2 aromatic carbocycles. The average Bonchev–Trinajstić information content (AvgIpc) is 2.43. The summed E-state index contributed by atoms with van der Waals surface area (Å²) >= 11 is 0. The van der Waals surface area contributed by atoms with Gasteiger partial charge in [-0.1, -0.05) is 42.0 Å². The van der Waals surface area contributed by atoms with Crippen LogP contribution in [-0.4, -0.2) is 12.5 Å². The van der Waals surface area contributed by atoms with Crippen molar-refractivity contribution in [3.8, 4) is 0 Å². The van der Waals surface area contributed by atoms with Crippen molar-refractivity contribution in [3.63, 3.8) is 0 Å². The molecular weight excluding hydrogens is 248 g/mol. The molecule has 1 amide bonds. The smallest absolute Gasteiger partial charge is 0.239 e. The van der Waals surface area contributed by atoms with Crippen molar-refractivity contribution in [1.82, 2.24) is 5.32 Å². The predicted molar refractivity (Wildman–Crippen MR) is 82.7 cm³/mol. The van der Waals surface area contributed by atoms with E-state index in [4.69, 9.17) is 0 Å². The van der Waals surface area contributed by atoms with Crippen LogP contribution >= 0.6 is 0 Å². The molecule has 0 spiro atoms. The molecule has 3 heteroatoms. The molecule has 0 unspecified atom stereocenters. The molecule has 0 aliphatic heterocycles. The summed E-state index contributed by atoms with van der Waals surface area (Å²) in [5.74, 6) is -0.00647. The Kier molecular flexibility index (Phi) is 4.77. The van der Waals surface area contributed by atoms with Gasteiger partial charge in [-0.2, -0.15) is 0 Å². The lowest BCUT2D eigenvalue weighted by Crippen LogP contribution is -2.29. The van der Waals surface area contributed by atoms with E-state index in [-0.39, 0.29) is 12.5 Å². The molecule has 0 aliphatic rings. The molecular formula is C17H20N2O. The third-order valence-electron chi connectivity index (χ3n) is 3.04. The van der Waals surface area contributed by atoms with Gasteiger partial charge < -0.3 is 10.6 Å². The maximum absolute atomic E-state index is 11.8. The first-order valence-corrected chi connectivity index (χ1v) is 6.76. The van der Waals surface area contributed by atoms with E-state index in [0.717, 1.165) is 11.3 Å². The average molecular weight is 268 g/mol. The lowest BCUT2D eigenvalue weighted by molar-refractivity contribution is -0.119. The number of carbonyl (C=O) groups is 1. The van der Waals surface area contributed by atoms with Gasteiger partial charge >= 0.3 is 0 Å². The van der Waals surface area contributed by atoms with Gasteiger partial charge in [0.1, 0.15) is 0 Å². The highest BCUT2D eigenvalue weighted by Gasteiger charge is 2.01. The van der Waals surface area contributed by atoms with E-state index in [1.807, 2.05) is 56.3 Å². The minimum atomic E-state index is -0.00647. The first kappa shape index (κ1) is 14.1. The summed E-state index contributed by atoms with van der Waals surface area (Å²) in [5.41, 5.74) is 4.47. The number of amides is 1. The summed E-state index contributed by atoms with van der Waals surface area (Å²) in [6, 6.07) is 16.1. The van der Waals surface area contributed by atoms with Crippen molar-refractivity contribution in [2.45, 2.75) is 20.4 Å². The summed E-state index contributed by atoms with van der Waals surface area (Å²) in [7, 11) is 0. The number of anilines is 1. The fraction of sp³-hybridized carbons (Fsp3) is 0.235.